The van der Waals surface area contributed by atoms with Crippen LogP contribution in [0.2, 0.25) is 0 Å². The standard InChI is InChI=1S/C46H32N2/c1-3-16-32(17-4-1)35-23-10-12-30-43(35)48(44-31-13-21-33-20-7-8-22-36(33)44)46-37(34-18-5-2-6-19-34)25-14-28-41(46)40-27-15-26-39-38-24-9-11-29-42(38)47-45(39)40/h1-31,47H. The lowest BCUT2D eigenvalue weighted by atomic mass is 9.92. The van der Waals surface area contributed by atoms with E-state index < -0.39 is 0 Å². The Morgan fingerprint density at radius 2 is 0.854 bits per heavy atom. The summed E-state index contributed by atoms with van der Waals surface area (Å²) in [6.45, 7) is 0. The SMILES string of the molecule is c1ccc(-c2ccccc2N(c2c(-c3ccccc3)cccc2-c2cccc3c2[nH]c2ccccc23)c2cccc3ccccc23)cc1. The van der Waals surface area contributed by atoms with Gasteiger partial charge in [0.25, 0.3) is 0 Å². The van der Waals surface area contributed by atoms with Crippen LogP contribution in [0, 0.1) is 0 Å². The molecule has 1 heterocycles. The van der Waals surface area contributed by atoms with Crippen LogP contribution in [0.15, 0.2) is 188 Å². The maximum atomic E-state index is 3.80. The largest absolute Gasteiger partial charge is 0.354 e. The van der Waals surface area contributed by atoms with Crippen molar-refractivity contribution in [1.82, 2.24) is 4.98 Å². The van der Waals surface area contributed by atoms with Gasteiger partial charge in [-0.25, -0.2) is 0 Å². The van der Waals surface area contributed by atoms with E-state index in [0.717, 1.165) is 39.2 Å². The summed E-state index contributed by atoms with van der Waals surface area (Å²) >= 11 is 0. The van der Waals surface area contributed by atoms with Crippen molar-refractivity contribution in [3.05, 3.63) is 188 Å². The van der Waals surface area contributed by atoms with Gasteiger partial charge >= 0.3 is 0 Å². The van der Waals surface area contributed by atoms with Crippen LogP contribution in [0.25, 0.3) is 66.0 Å². The van der Waals surface area contributed by atoms with Gasteiger partial charge in [0.1, 0.15) is 0 Å². The second kappa shape index (κ2) is 11.8. The molecule has 0 fully saturated rings. The molecule has 8 aromatic carbocycles. The maximum absolute atomic E-state index is 3.80. The summed E-state index contributed by atoms with van der Waals surface area (Å²) < 4.78 is 0. The van der Waals surface area contributed by atoms with Crippen molar-refractivity contribution in [3.63, 3.8) is 0 Å². The zero-order chi connectivity index (χ0) is 31.9. The predicted molar refractivity (Wildman–Crippen MR) is 204 cm³/mol. The van der Waals surface area contributed by atoms with E-state index in [2.05, 4.69) is 198 Å². The van der Waals surface area contributed by atoms with Gasteiger partial charge in [-0.2, -0.15) is 0 Å². The molecule has 2 heteroatoms. The molecular formula is C46H32N2. The fraction of sp³-hybridized carbons (Fsp3) is 0. The van der Waals surface area contributed by atoms with Crippen LogP contribution in [0.3, 0.4) is 0 Å². The molecule has 48 heavy (non-hydrogen) atoms. The molecule has 0 aliphatic heterocycles. The topological polar surface area (TPSA) is 19.0 Å². The normalized spacial score (nSPS) is 11.3. The Balaban J connectivity index is 1.44. The zero-order valence-corrected chi connectivity index (χ0v) is 26.3. The number of benzene rings is 8. The highest BCUT2D eigenvalue weighted by atomic mass is 15.2. The summed E-state index contributed by atoms with van der Waals surface area (Å²) in [5, 5.41) is 4.85. The first-order valence-corrected chi connectivity index (χ1v) is 16.5. The van der Waals surface area contributed by atoms with Gasteiger partial charge in [0, 0.05) is 43.9 Å². The van der Waals surface area contributed by atoms with E-state index in [1.807, 2.05) is 0 Å². The lowest BCUT2D eigenvalue weighted by Crippen LogP contribution is -2.14. The van der Waals surface area contributed by atoms with Gasteiger partial charge in [-0.05, 0) is 34.7 Å². The van der Waals surface area contributed by atoms with Crippen molar-refractivity contribution in [3.8, 4) is 33.4 Å². The minimum atomic E-state index is 1.12. The van der Waals surface area contributed by atoms with Crippen LogP contribution in [-0.4, -0.2) is 4.98 Å². The van der Waals surface area contributed by atoms with Gasteiger partial charge in [-0.3, -0.25) is 0 Å². The number of hydrogen-bond donors (Lipinski definition) is 1. The first-order chi connectivity index (χ1) is 23.8. The third-order valence-corrected chi connectivity index (χ3v) is 9.41. The molecule has 0 aliphatic carbocycles. The Kier molecular flexibility index (Phi) is 6.84. The van der Waals surface area contributed by atoms with Crippen LogP contribution >= 0.6 is 0 Å². The Hall–Kier alpha value is -6.38. The van der Waals surface area contributed by atoms with Crippen LogP contribution in [-0.2, 0) is 0 Å². The predicted octanol–water partition coefficient (Wildman–Crippen LogP) is 12.9. The summed E-state index contributed by atoms with van der Waals surface area (Å²) in [4.78, 5) is 6.30. The summed E-state index contributed by atoms with van der Waals surface area (Å²) in [5.74, 6) is 0. The van der Waals surface area contributed by atoms with E-state index in [-0.39, 0.29) is 0 Å². The first kappa shape index (κ1) is 27.9. The van der Waals surface area contributed by atoms with Crippen LogP contribution in [0.4, 0.5) is 17.1 Å². The molecule has 0 spiro atoms. The number of hydrogen-bond acceptors (Lipinski definition) is 1. The number of anilines is 3. The van der Waals surface area contributed by atoms with Crippen molar-refractivity contribution < 1.29 is 0 Å². The van der Waals surface area contributed by atoms with Gasteiger partial charge < -0.3 is 9.88 Å². The zero-order valence-electron chi connectivity index (χ0n) is 26.3. The number of rotatable bonds is 6. The number of nitrogens with zero attached hydrogens (tertiary/aromatic N) is 1. The maximum Gasteiger partial charge on any atom is 0.0619 e. The number of fused-ring (bicyclic) bond motifs is 4. The van der Waals surface area contributed by atoms with E-state index in [4.69, 9.17) is 0 Å². The third-order valence-electron chi connectivity index (χ3n) is 9.41. The number of nitrogens with one attached hydrogen (secondary N) is 1. The molecule has 0 bridgehead atoms. The van der Waals surface area contributed by atoms with Gasteiger partial charge in [0.2, 0.25) is 0 Å². The van der Waals surface area contributed by atoms with Gasteiger partial charge in [-0.15, -0.1) is 0 Å². The second-order valence-corrected chi connectivity index (χ2v) is 12.2. The minimum Gasteiger partial charge on any atom is -0.354 e. The average Bonchev–Trinajstić information content (AvgIpc) is 3.55. The molecule has 1 N–H and O–H groups in total. The van der Waals surface area contributed by atoms with Gasteiger partial charge in [-0.1, -0.05) is 170 Å². The molecule has 0 saturated carbocycles. The Morgan fingerprint density at radius 3 is 1.69 bits per heavy atom. The molecule has 0 aliphatic rings. The lowest BCUT2D eigenvalue weighted by Gasteiger charge is -2.33. The third kappa shape index (κ3) is 4.66. The highest BCUT2D eigenvalue weighted by molar-refractivity contribution is 6.14. The van der Waals surface area contributed by atoms with E-state index in [9.17, 15) is 0 Å². The number of para-hydroxylation sites is 4. The Bertz CT molecular complexity index is 2560. The molecule has 0 saturated heterocycles. The molecular weight excluding hydrogens is 581 g/mol. The van der Waals surface area contributed by atoms with Crippen molar-refractivity contribution in [1.29, 1.82) is 0 Å². The second-order valence-electron chi connectivity index (χ2n) is 12.2. The molecule has 0 unspecified atom stereocenters. The van der Waals surface area contributed by atoms with Crippen LogP contribution in [0.1, 0.15) is 0 Å². The molecule has 9 rings (SSSR count). The minimum absolute atomic E-state index is 1.12. The van der Waals surface area contributed by atoms with Crippen LogP contribution < -0.4 is 4.90 Å². The lowest BCUT2D eigenvalue weighted by molar-refractivity contribution is 1.30. The molecule has 226 valence electrons. The van der Waals surface area contributed by atoms with E-state index >= 15 is 0 Å². The molecule has 9 aromatic rings. The van der Waals surface area contributed by atoms with E-state index in [0.29, 0.717) is 0 Å². The van der Waals surface area contributed by atoms with Gasteiger partial charge in [0.15, 0.2) is 0 Å². The number of aromatic nitrogens is 1. The highest BCUT2D eigenvalue weighted by Crippen LogP contribution is 2.51. The summed E-state index contributed by atoms with van der Waals surface area (Å²) in [6, 6.07) is 67.7. The Morgan fingerprint density at radius 1 is 0.333 bits per heavy atom. The monoisotopic (exact) mass is 612 g/mol. The van der Waals surface area contributed by atoms with Gasteiger partial charge in [0.05, 0.1) is 22.6 Å². The number of H-pyrrole nitrogens is 1. The summed E-state index contributed by atoms with van der Waals surface area (Å²) in [6.07, 6.45) is 0. The first-order valence-electron chi connectivity index (χ1n) is 16.5. The average molecular weight is 613 g/mol. The van der Waals surface area contributed by atoms with E-state index in [1.54, 1.807) is 0 Å². The molecule has 2 nitrogen and oxygen atoms in total. The molecule has 1 aromatic heterocycles. The fourth-order valence-corrected chi connectivity index (χ4v) is 7.25. The summed E-state index contributed by atoms with van der Waals surface area (Å²) in [7, 11) is 0. The molecule has 0 atom stereocenters. The van der Waals surface area contributed by atoms with Crippen LogP contribution in [0.5, 0.6) is 0 Å². The molecule has 0 radical (unpaired) electrons. The van der Waals surface area contributed by atoms with Crippen molar-refractivity contribution in [2.24, 2.45) is 0 Å². The van der Waals surface area contributed by atoms with Crippen molar-refractivity contribution in [2.45, 2.75) is 0 Å². The molecule has 0 amide bonds. The van der Waals surface area contributed by atoms with Crippen molar-refractivity contribution >= 4 is 49.6 Å². The Labute approximate surface area is 280 Å². The smallest absolute Gasteiger partial charge is 0.0619 e. The van der Waals surface area contributed by atoms with E-state index in [1.165, 1.54) is 43.8 Å². The highest BCUT2D eigenvalue weighted by Gasteiger charge is 2.26. The fourth-order valence-electron chi connectivity index (χ4n) is 7.25. The quantitative estimate of drug-likeness (QED) is 0.198. The summed E-state index contributed by atoms with van der Waals surface area (Å²) in [5.41, 5.74) is 12.7. The number of aromatic amines is 1. The van der Waals surface area contributed by atoms with Crippen molar-refractivity contribution in [2.75, 3.05) is 4.90 Å².